The van der Waals surface area contributed by atoms with Crippen LogP contribution in [0, 0.1) is 11.8 Å². The molecule has 2 heteroatoms. The summed E-state index contributed by atoms with van der Waals surface area (Å²) in [7, 11) is 0. The Morgan fingerprint density at radius 3 is 2.86 bits per heavy atom. The number of hydrogen-bond acceptors (Lipinski definition) is 2. The van der Waals surface area contributed by atoms with Crippen molar-refractivity contribution in [1.82, 2.24) is 0 Å². The molecule has 14 heavy (non-hydrogen) atoms. The molecule has 2 rings (SSSR count). The van der Waals surface area contributed by atoms with Gasteiger partial charge in [-0.3, -0.25) is 9.59 Å². The lowest BCUT2D eigenvalue weighted by Crippen LogP contribution is -2.20. The number of Topliss-reactive ketones (excluding diaryl/α,β-unsaturated/α-hetero) is 1. The van der Waals surface area contributed by atoms with Crippen molar-refractivity contribution in [3.63, 3.8) is 0 Å². The third-order valence-electron chi connectivity index (χ3n) is 2.74. The van der Waals surface area contributed by atoms with Gasteiger partial charge < -0.3 is 0 Å². The Kier molecular flexibility index (Phi) is 2.20. The summed E-state index contributed by atoms with van der Waals surface area (Å²) in [5.41, 5.74) is 0.755. The minimum Gasteiger partial charge on any atom is -0.295 e. The molecule has 0 bridgehead atoms. The molecule has 0 aliphatic heterocycles. The molecule has 0 aromatic carbocycles. The molecule has 2 aliphatic carbocycles. The van der Waals surface area contributed by atoms with Gasteiger partial charge >= 0.3 is 0 Å². The van der Waals surface area contributed by atoms with Crippen LogP contribution in [0.25, 0.3) is 0 Å². The summed E-state index contributed by atoms with van der Waals surface area (Å²) in [6.45, 7) is 1.56. The number of allylic oxidation sites excluding steroid dienone is 6. The molecule has 0 radical (unpaired) electrons. The molecule has 0 saturated heterocycles. The normalized spacial score (nSPS) is 29.8. The molecule has 0 saturated carbocycles. The second kappa shape index (κ2) is 3.37. The van der Waals surface area contributed by atoms with Crippen LogP contribution in [-0.2, 0) is 9.59 Å². The second-order valence-electron chi connectivity index (χ2n) is 3.81. The van der Waals surface area contributed by atoms with Gasteiger partial charge in [0, 0.05) is 17.9 Å². The molecular formula is C12H12O2. The molecule has 0 amide bonds. The van der Waals surface area contributed by atoms with E-state index in [1.165, 1.54) is 0 Å². The van der Waals surface area contributed by atoms with Gasteiger partial charge in [0.2, 0.25) is 0 Å². The van der Waals surface area contributed by atoms with Gasteiger partial charge in [-0.15, -0.1) is 0 Å². The highest BCUT2D eigenvalue weighted by atomic mass is 16.1. The maximum atomic E-state index is 11.1. The lowest BCUT2D eigenvalue weighted by molar-refractivity contribution is -0.115. The van der Waals surface area contributed by atoms with E-state index in [1.54, 1.807) is 13.0 Å². The van der Waals surface area contributed by atoms with Crippen LogP contribution in [-0.4, -0.2) is 11.6 Å². The molecule has 0 aromatic heterocycles. The van der Waals surface area contributed by atoms with E-state index < -0.39 is 0 Å². The summed E-state index contributed by atoms with van der Waals surface area (Å²) in [5.74, 6) is 0.757. The molecule has 2 aliphatic rings. The first-order valence-electron chi connectivity index (χ1n) is 4.79. The third-order valence-corrected chi connectivity index (χ3v) is 2.74. The quantitative estimate of drug-likeness (QED) is 0.629. The summed E-state index contributed by atoms with van der Waals surface area (Å²) in [6, 6.07) is 0. The second-order valence-corrected chi connectivity index (χ2v) is 3.81. The van der Waals surface area contributed by atoms with Crippen LogP contribution >= 0.6 is 0 Å². The highest BCUT2D eigenvalue weighted by Crippen LogP contribution is 2.30. The SMILES string of the molecule is CC(=O)C1=CC2C=CC(=O)CC2C=C1. The fourth-order valence-corrected chi connectivity index (χ4v) is 1.90. The zero-order chi connectivity index (χ0) is 10.1. The highest BCUT2D eigenvalue weighted by Gasteiger charge is 2.24. The first-order chi connectivity index (χ1) is 6.66. The topological polar surface area (TPSA) is 34.1 Å². The van der Waals surface area contributed by atoms with E-state index in [4.69, 9.17) is 0 Å². The van der Waals surface area contributed by atoms with Crippen molar-refractivity contribution in [3.8, 4) is 0 Å². The predicted molar refractivity (Wildman–Crippen MR) is 53.6 cm³/mol. The lowest BCUT2D eigenvalue weighted by atomic mass is 9.79. The Labute approximate surface area is 83.0 Å². The van der Waals surface area contributed by atoms with Crippen LogP contribution in [0.15, 0.2) is 36.0 Å². The average Bonchev–Trinajstić information content (AvgIpc) is 2.16. The molecule has 0 aromatic rings. The Hall–Kier alpha value is -1.44. The van der Waals surface area contributed by atoms with Gasteiger partial charge in [-0.1, -0.05) is 24.3 Å². The van der Waals surface area contributed by atoms with Gasteiger partial charge in [0.15, 0.2) is 11.6 Å². The van der Waals surface area contributed by atoms with Crippen molar-refractivity contribution < 1.29 is 9.59 Å². The van der Waals surface area contributed by atoms with Crippen molar-refractivity contribution in [3.05, 3.63) is 36.0 Å². The smallest absolute Gasteiger partial charge is 0.159 e. The standard InChI is InChI=1S/C12H12O2/c1-8(13)9-2-3-11-7-12(14)5-4-10(11)6-9/h2-6,10-11H,7H2,1H3. The average molecular weight is 188 g/mol. The number of rotatable bonds is 1. The first kappa shape index (κ1) is 9.13. The summed E-state index contributed by atoms with van der Waals surface area (Å²) >= 11 is 0. The van der Waals surface area contributed by atoms with Crippen molar-refractivity contribution in [2.75, 3.05) is 0 Å². The Morgan fingerprint density at radius 1 is 1.36 bits per heavy atom. The largest absolute Gasteiger partial charge is 0.295 e. The molecule has 0 N–H and O–H groups in total. The fraction of sp³-hybridized carbons (Fsp3) is 0.333. The summed E-state index contributed by atoms with van der Waals surface area (Å²) in [4.78, 5) is 22.3. The van der Waals surface area contributed by atoms with Gasteiger partial charge in [0.05, 0.1) is 0 Å². The Morgan fingerprint density at radius 2 is 2.14 bits per heavy atom. The van der Waals surface area contributed by atoms with Gasteiger partial charge in [0.25, 0.3) is 0 Å². The lowest BCUT2D eigenvalue weighted by Gasteiger charge is -2.25. The minimum absolute atomic E-state index is 0.0880. The van der Waals surface area contributed by atoms with Crippen LogP contribution in [0.4, 0.5) is 0 Å². The molecular weight excluding hydrogens is 176 g/mol. The number of ketones is 2. The van der Waals surface area contributed by atoms with Crippen LogP contribution in [0.1, 0.15) is 13.3 Å². The fourth-order valence-electron chi connectivity index (χ4n) is 1.90. The third kappa shape index (κ3) is 1.60. The molecule has 72 valence electrons. The highest BCUT2D eigenvalue weighted by molar-refractivity contribution is 5.97. The van der Waals surface area contributed by atoms with E-state index in [2.05, 4.69) is 0 Å². The summed E-state index contributed by atoms with van der Waals surface area (Å²) < 4.78 is 0. The van der Waals surface area contributed by atoms with Gasteiger partial charge in [-0.25, -0.2) is 0 Å². The van der Waals surface area contributed by atoms with Gasteiger partial charge in [0.1, 0.15) is 0 Å². The predicted octanol–water partition coefficient (Wildman–Crippen LogP) is 1.83. The molecule has 2 atom stereocenters. The van der Waals surface area contributed by atoms with Crippen molar-refractivity contribution in [2.45, 2.75) is 13.3 Å². The van der Waals surface area contributed by atoms with Crippen LogP contribution in [0.3, 0.4) is 0 Å². The molecule has 2 nitrogen and oxygen atoms in total. The van der Waals surface area contributed by atoms with E-state index in [9.17, 15) is 9.59 Å². The Balaban J connectivity index is 2.27. The van der Waals surface area contributed by atoms with Crippen molar-refractivity contribution in [2.24, 2.45) is 11.8 Å². The maximum Gasteiger partial charge on any atom is 0.159 e. The van der Waals surface area contributed by atoms with Crippen LogP contribution in [0.2, 0.25) is 0 Å². The van der Waals surface area contributed by atoms with Gasteiger partial charge in [-0.05, 0) is 18.9 Å². The first-order valence-corrected chi connectivity index (χ1v) is 4.79. The zero-order valence-electron chi connectivity index (χ0n) is 8.07. The molecule has 0 fully saturated rings. The molecule has 0 spiro atoms. The van der Waals surface area contributed by atoms with E-state index in [1.807, 2.05) is 24.3 Å². The van der Waals surface area contributed by atoms with Crippen molar-refractivity contribution in [1.29, 1.82) is 0 Å². The van der Waals surface area contributed by atoms with E-state index in [0.29, 0.717) is 6.42 Å². The number of fused-ring (bicyclic) bond motifs is 1. The van der Waals surface area contributed by atoms with E-state index >= 15 is 0 Å². The van der Waals surface area contributed by atoms with E-state index in [0.717, 1.165) is 5.57 Å². The zero-order valence-corrected chi connectivity index (χ0v) is 8.07. The molecule has 2 unspecified atom stereocenters. The van der Waals surface area contributed by atoms with Crippen LogP contribution in [0.5, 0.6) is 0 Å². The number of carbonyl (C=O) groups excluding carboxylic acids is 2. The number of carbonyl (C=O) groups is 2. The summed E-state index contributed by atoms with van der Waals surface area (Å²) in [5, 5.41) is 0. The van der Waals surface area contributed by atoms with Crippen molar-refractivity contribution >= 4 is 11.6 Å². The maximum absolute atomic E-state index is 11.1. The Bertz CT molecular complexity index is 372. The minimum atomic E-state index is 0.0880. The number of hydrogen-bond donors (Lipinski definition) is 0. The van der Waals surface area contributed by atoms with Gasteiger partial charge in [-0.2, -0.15) is 0 Å². The van der Waals surface area contributed by atoms with Crippen LogP contribution < -0.4 is 0 Å². The monoisotopic (exact) mass is 188 g/mol. The molecule has 0 heterocycles. The van der Waals surface area contributed by atoms with E-state index in [-0.39, 0.29) is 23.4 Å². The summed E-state index contributed by atoms with van der Waals surface area (Å²) in [6.07, 6.45) is 9.84.